The van der Waals surface area contributed by atoms with Crippen molar-refractivity contribution in [3.8, 4) is 0 Å². The third-order valence-electron chi connectivity index (χ3n) is 4.27. The first-order chi connectivity index (χ1) is 11.9. The SMILES string of the molecule is C=C[C@@H](c1ccc(Cl)cc1)[C@@](C)(NCc1ccc(Cl)cc1)C(=O)OC. The minimum absolute atomic E-state index is 0.287. The molecule has 2 rings (SSSR count). The van der Waals surface area contributed by atoms with Crippen LogP contribution in [-0.2, 0) is 16.1 Å². The van der Waals surface area contributed by atoms with E-state index in [0.717, 1.165) is 11.1 Å². The molecule has 0 aromatic heterocycles. The number of nitrogens with one attached hydrogen (secondary N) is 1. The molecule has 0 radical (unpaired) electrons. The second-order valence-corrected chi connectivity index (χ2v) is 6.81. The van der Waals surface area contributed by atoms with E-state index in [2.05, 4.69) is 11.9 Å². The van der Waals surface area contributed by atoms with Crippen molar-refractivity contribution in [3.63, 3.8) is 0 Å². The Hall–Kier alpha value is -1.81. The number of esters is 1. The maximum absolute atomic E-state index is 12.6. The van der Waals surface area contributed by atoms with Crippen molar-refractivity contribution in [2.24, 2.45) is 0 Å². The number of rotatable bonds is 7. The van der Waals surface area contributed by atoms with Gasteiger partial charge in [-0.3, -0.25) is 10.1 Å². The Morgan fingerprint density at radius 1 is 1.16 bits per heavy atom. The molecule has 0 bridgehead atoms. The minimum atomic E-state index is -0.982. The Morgan fingerprint density at radius 3 is 2.16 bits per heavy atom. The number of ether oxygens (including phenoxy) is 1. The van der Waals surface area contributed by atoms with E-state index in [9.17, 15) is 4.79 Å². The molecule has 2 aromatic rings. The van der Waals surface area contributed by atoms with Crippen LogP contribution in [-0.4, -0.2) is 18.6 Å². The maximum atomic E-state index is 12.6. The van der Waals surface area contributed by atoms with Gasteiger partial charge in [0.05, 0.1) is 7.11 Å². The van der Waals surface area contributed by atoms with Crippen LogP contribution in [0, 0.1) is 0 Å². The lowest BCUT2D eigenvalue weighted by Gasteiger charge is -2.35. The molecule has 0 aliphatic carbocycles. The van der Waals surface area contributed by atoms with Crippen LogP contribution in [0.3, 0.4) is 0 Å². The predicted octanol–water partition coefficient (Wildman–Crippen LogP) is 4.98. The number of methoxy groups -OCH3 is 1. The monoisotopic (exact) mass is 377 g/mol. The summed E-state index contributed by atoms with van der Waals surface area (Å²) in [5.41, 5.74) is 0.957. The van der Waals surface area contributed by atoms with Crippen LogP contribution in [0.1, 0.15) is 24.0 Å². The second-order valence-electron chi connectivity index (χ2n) is 5.94. The van der Waals surface area contributed by atoms with Crippen molar-refractivity contribution in [2.75, 3.05) is 7.11 Å². The van der Waals surface area contributed by atoms with Gasteiger partial charge < -0.3 is 4.74 Å². The molecule has 0 amide bonds. The van der Waals surface area contributed by atoms with Crippen molar-refractivity contribution < 1.29 is 9.53 Å². The van der Waals surface area contributed by atoms with Crippen LogP contribution in [0.2, 0.25) is 10.0 Å². The van der Waals surface area contributed by atoms with Crippen LogP contribution in [0.4, 0.5) is 0 Å². The number of hydrogen-bond donors (Lipinski definition) is 1. The van der Waals surface area contributed by atoms with Crippen LogP contribution in [0.5, 0.6) is 0 Å². The summed E-state index contributed by atoms with van der Waals surface area (Å²) in [6.07, 6.45) is 1.75. The number of halogens is 2. The highest BCUT2D eigenvalue weighted by Gasteiger charge is 2.41. The highest BCUT2D eigenvalue weighted by molar-refractivity contribution is 6.30. The van der Waals surface area contributed by atoms with Gasteiger partial charge in [0, 0.05) is 22.5 Å². The van der Waals surface area contributed by atoms with Gasteiger partial charge in [-0.25, -0.2) is 0 Å². The standard InChI is InChI=1S/C20H21Cl2NO2/c1-4-18(15-7-11-17(22)12-8-15)20(2,19(24)25-3)23-13-14-5-9-16(21)10-6-14/h4-12,18,23H,1,13H2,2-3H3/t18-,20+/m0/s1. The molecule has 0 fully saturated rings. The average molecular weight is 378 g/mol. The topological polar surface area (TPSA) is 38.3 Å². The van der Waals surface area contributed by atoms with Gasteiger partial charge in [-0.05, 0) is 42.3 Å². The fraction of sp³-hybridized carbons (Fsp3) is 0.250. The van der Waals surface area contributed by atoms with Gasteiger partial charge in [0.1, 0.15) is 5.54 Å². The lowest BCUT2D eigenvalue weighted by molar-refractivity contribution is -0.148. The molecule has 2 aromatic carbocycles. The quantitative estimate of drug-likeness (QED) is 0.545. The van der Waals surface area contributed by atoms with E-state index in [1.54, 1.807) is 18.2 Å². The normalized spacial score (nSPS) is 14.4. The van der Waals surface area contributed by atoms with E-state index in [0.29, 0.717) is 16.6 Å². The zero-order valence-corrected chi connectivity index (χ0v) is 15.8. The van der Waals surface area contributed by atoms with E-state index in [1.807, 2.05) is 43.3 Å². The molecular formula is C20H21Cl2NO2. The number of carbonyl (C=O) groups is 1. The Balaban J connectivity index is 2.31. The first kappa shape index (κ1) is 19.5. The molecule has 1 N–H and O–H groups in total. The van der Waals surface area contributed by atoms with E-state index in [4.69, 9.17) is 27.9 Å². The predicted molar refractivity (Wildman–Crippen MR) is 103 cm³/mol. The smallest absolute Gasteiger partial charge is 0.326 e. The van der Waals surface area contributed by atoms with Crippen molar-refractivity contribution in [2.45, 2.75) is 24.9 Å². The van der Waals surface area contributed by atoms with E-state index < -0.39 is 5.54 Å². The number of benzene rings is 2. The van der Waals surface area contributed by atoms with Crippen LogP contribution in [0.15, 0.2) is 61.2 Å². The van der Waals surface area contributed by atoms with E-state index in [1.165, 1.54) is 7.11 Å². The molecule has 5 heteroatoms. The van der Waals surface area contributed by atoms with Gasteiger partial charge in [-0.15, -0.1) is 6.58 Å². The highest BCUT2D eigenvalue weighted by Crippen LogP contribution is 2.32. The third kappa shape index (κ3) is 4.63. The van der Waals surface area contributed by atoms with Gasteiger partial charge in [0.25, 0.3) is 0 Å². The first-order valence-electron chi connectivity index (χ1n) is 7.86. The molecule has 3 nitrogen and oxygen atoms in total. The Kier molecular flexibility index (Phi) is 6.65. The zero-order valence-electron chi connectivity index (χ0n) is 14.3. The summed E-state index contributed by atoms with van der Waals surface area (Å²) in [5, 5.41) is 4.64. The fourth-order valence-electron chi connectivity index (χ4n) is 2.78. The van der Waals surface area contributed by atoms with Gasteiger partial charge in [0.15, 0.2) is 0 Å². The first-order valence-corrected chi connectivity index (χ1v) is 8.62. The average Bonchev–Trinajstić information content (AvgIpc) is 2.62. The van der Waals surface area contributed by atoms with Gasteiger partial charge in [0.2, 0.25) is 0 Å². The summed E-state index contributed by atoms with van der Waals surface area (Å²) in [7, 11) is 1.38. The van der Waals surface area contributed by atoms with Crippen LogP contribution in [0.25, 0.3) is 0 Å². The summed E-state index contributed by atoms with van der Waals surface area (Å²) in [5.74, 6) is -0.647. The third-order valence-corrected chi connectivity index (χ3v) is 4.77. The summed E-state index contributed by atoms with van der Waals surface area (Å²) >= 11 is 11.9. The van der Waals surface area contributed by atoms with Crippen molar-refractivity contribution in [3.05, 3.63) is 82.4 Å². The van der Waals surface area contributed by atoms with Crippen LogP contribution < -0.4 is 5.32 Å². The highest BCUT2D eigenvalue weighted by atomic mass is 35.5. The molecule has 0 saturated heterocycles. The summed E-state index contributed by atoms with van der Waals surface area (Å²) in [4.78, 5) is 12.6. The fourth-order valence-corrected chi connectivity index (χ4v) is 3.04. The Labute approximate surface area is 158 Å². The molecule has 2 atom stereocenters. The zero-order chi connectivity index (χ0) is 18.4. The van der Waals surface area contributed by atoms with E-state index >= 15 is 0 Å². The molecule has 0 unspecified atom stereocenters. The van der Waals surface area contributed by atoms with Gasteiger partial charge in [-0.1, -0.05) is 53.5 Å². The molecule has 25 heavy (non-hydrogen) atoms. The maximum Gasteiger partial charge on any atom is 0.326 e. The molecule has 0 saturated carbocycles. The van der Waals surface area contributed by atoms with Crippen LogP contribution >= 0.6 is 23.2 Å². The minimum Gasteiger partial charge on any atom is -0.468 e. The molecule has 0 aliphatic rings. The summed E-state index contributed by atoms with van der Waals surface area (Å²) in [6, 6.07) is 14.8. The largest absolute Gasteiger partial charge is 0.468 e. The second kappa shape index (κ2) is 8.52. The lowest BCUT2D eigenvalue weighted by Crippen LogP contribution is -2.53. The molecule has 132 valence electrons. The lowest BCUT2D eigenvalue weighted by atomic mass is 9.80. The number of carbonyl (C=O) groups excluding carboxylic acids is 1. The molecule has 0 aliphatic heterocycles. The Bertz CT molecular complexity index is 728. The van der Waals surface area contributed by atoms with Gasteiger partial charge in [-0.2, -0.15) is 0 Å². The molecule has 0 heterocycles. The van der Waals surface area contributed by atoms with Crippen molar-refractivity contribution in [1.82, 2.24) is 5.32 Å². The van der Waals surface area contributed by atoms with E-state index in [-0.39, 0.29) is 11.9 Å². The van der Waals surface area contributed by atoms with Crippen molar-refractivity contribution >= 4 is 29.2 Å². The Morgan fingerprint density at radius 2 is 1.68 bits per heavy atom. The molecular weight excluding hydrogens is 357 g/mol. The van der Waals surface area contributed by atoms with Crippen molar-refractivity contribution in [1.29, 1.82) is 0 Å². The summed E-state index contributed by atoms with van der Waals surface area (Å²) in [6.45, 7) is 6.21. The molecule has 0 spiro atoms. The number of hydrogen-bond acceptors (Lipinski definition) is 3. The summed E-state index contributed by atoms with van der Waals surface area (Å²) < 4.78 is 5.05. The van der Waals surface area contributed by atoms with Gasteiger partial charge >= 0.3 is 5.97 Å².